The molecule has 0 heterocycles. The fourth-order valence-electron chi connectivity index (χ4n) is 0.900. The van der Waals surface area contributed by atoms with Gasteiger partial charge in [-0.25, -0.2) is 9.59 Å². The quantitative estimate of drug-likeness (QED) is 0.818. The van der Waals surface area contributed by atoms with E-state index in [1.807, 2.05) is 0 Å². The van der Waals surface area contributed by atoms with E-state index in [9.17, 15) is 9.59 Å². The highest BCUT2D eigenvalue weighted by Gasteiger charge is 2.17. The highest BCUT2D eigenvalue weighted by Crippen LogP contribution is 2.23. The van der Waals surface area contributed by atoms with Crippen molar-refractivity contribution >= 4 is 46.1 Å². The molecule has 6 heteroatoms. The zero-order chi connectivity index (χ0) is 10.9. The summed E-state index contributed by atoms with van der Waals surface area (Å²) >= 11 is 7.25. The minimum Gasteiger partial charge on any atom is -0.478 e. The third-order valence-electron chi connectivity index (χ3n) is 1.50. The molecule has 1 aromatic rings. The third kappa shape index (κ3) is 2.16. The van der Waals surface area contributed by atoms with E-state index in [2.05, 4.69) is 0 Å². The van der Waals surface area contributed by atoms with Crippen LogP contribution in [0.25, 0.3) is 0 Å². The van der Waals surface area contributed by atoms with Crippen LogP contribution in [0.5, 0.6) is 0 Å². The summed E-state index contributed by atoms with van der Waals surface area (Å²) in [6.07, 6.45) is 0. The molecule has 2 N–H and O–H groups in total. The Hall–Kier alpha value is -0.820. The summed E-state index contributed by atoms with van der Waals surface area (Å²) in [5.74, 6) is -2.39. The number of hydrogen-bond donors (Lipinski definition) is 2. The Balaban J connectivity index is 3.47. The van der Waals surface area contributed by atoms with E-state index in [0.717, 1.165) is 0 Å². The molecular formula is C8H4ClIO4. The SMILES string of the molecule is O=C(O)c1cc(Cl)cc(C(=O)O)c1I. The molecule has 0 aliphatic rings. The average Bonchev–Trinajstić information content (AvgIpc) is 2.07. The Morgan fingerprint density at radius 1 is 1.14 bits per heavy atom. The second kappa shape index (κ2) is 4.14. The molecule has 1 rings (SSSR count). The van der Waals surface area contributed by atoms with Gasteiger partial charge < -0.3 is 10.2 Å². The van der Waals surface area contributed by atoms with Crippen molar-refractivity contribution < 1.29 is 19.8 Å². The van der Waals surface area contributed by atoms with Crippen LogP contribution in [0.15, 0.2) is 12.1 Å². The van der Waals surface area contributed by atoms with Crippen molar-refractivity contribution in [3.8, 4) is 0 Å². The van der Waals surface area contributed by atoms with Crippen LogP contribution in [-0.2, 0) is 0 Å². The lowest BCUT2D eigenvalue weighted by Gasteiger charge is -2.03. The molecule has 0 fully saturated rings. The molecule has 14 heavy (non-hydrogen) atoms. The standard InChI is InChI=1S/C8H4ClIO4/c9-3-1-4(7(11)12)6(10)5(2-3)8(13)14/h1-2H,(H,11,12)(H,13,14). The highest BCUT2D eigenvalue weighted by atomic mass is 127. The van der Waals surface area contributed by atoms with Crippen molar-refractivity contribution in [2.24, 2.45) is 0 Å². The van der Waals surface area contributed by atoms with E-state index in [1.54, 1.807) is 22.6 Å². The maximum Gasteiger partial charge on any atom is 0.336 e. The largest absolute Gasteiger partial charge is 0.478 e. The van der Waals surface area contributed by atoms with Gasteiger partial charge in [0, 0.05) is 8.59 Å². The molecule has 1 aromatic carbocycles. The predicted molar refractivity (Wildman–Crippen MR) is 58.1 cm³/mol. The molecule has 0 aromatic heterocycles. The maximum absolute atomic E-state index is 10.7. The minimum absolute atomic E-state index is 0.0974. The molecule has 0 atom stereocenters. The summed E-state index contributed by atoms with van der Waals surface area (Å²) < 4.78 is 0.173. The van der Waals surface area contributed by atoms with Crippen LogP contribution in [-0.4, -0.2) is 22.2 Å². The van der Waals surface area contributed by atoms with Crippen LogP contribution in [0.2, 0.25) is 5.02 Å². The molecule has 0 spiro atoms. The van der Waals surface area contributed by atoms with Crippen molar-refractivity contribution in [1.82, 2.24) is 0 Å². The number of halogens is 2. The second-order valence-electron chi connectivity index (χ2n) is 2.43. The summed E-state index contributed by atoms with van der Waals surface area (Å²) in [4.78, 5) is 21.4. The van der Waals surface area contributed by atoms with Gasteiger partial charge in [0.15, 0.2) is 0 Å². The molecule has 74 valence electrons. The number of rotatable bonds is 2. The lowest BCUT2D eigenvalue weighted by Crippen LogP contribution is -2.07. The van der Waals surface area contributed by atoms with Crippen LogP contribution < -0.4 is 0 Å². The molecule has 0 saturated carbocycles. The summed E-state index contributed by atoms with van der Waals surface area (Å²) in [5, 5.41) is 17.6. The first-order valence-electron chi connectivity index (χ1n) is 3.39. The van der Waals surface area contributed by atoms with Crippen molar-refractivity contribution in [2.45, 2.75) is 0 Å². The van der Waals surface area contributed by atoms with Gasteiger partial charge in [-0.05, 0) is 34.7 Å². The van der Waals surface area contributed by atoms with Crippen LogP contribution >= 0.6 is 34.2 Å². The fraction of sp³-hybridized carbons (Fsp3) is 0. The maximum atomic E-state index is 10.7. The van der Waals surface area contributed by atoms with Crippen molar-refractivity contribution in [2.75, 3.05) is 0 Å². The molecule has 0 aliphatic carbocycles. The Labute approximate surface area is 97.6 Å². The molecule has 4 nitrogen and oxygen atoms in total. The lowest BCUT2D eigenvalue weighted by molar-refractivity contribution is 0.0695. The Kier molecular flexibility index (Phi) is 3.33. The smallest absolute Gasteiger partial charge is 0.336 e. The highest BCUT2D eigenvalue weighted by molar-refractivity contribution is 14.1. The van der Waals surface area contributed by atoms with E-state index in [4.69, 9.17) is 21.8 Å². The van der Waals surface area contributed by atoms with Crippen LogP contribution in [0.4, 0.5) is 0 Å². The minimum atomic E-state index is -1.19. The summed E-state index contributed by atoms with van der Waals surface area (Å²) in [5.41, 5.74) is -0.203. The second-order valence-corrected chi connectivity index (χ2v) is 3.94. The molecule has 0 bridgehead atoms. The zero-order valence-corrected chi connectivity index (χ0v) is 9.53. The van der Waals surface area contributed by atoms with E-state index in [-0.39, 0.29) is 19.7 Å². The molecule has 0 radical (unpaired) electrons. The summed E-state index contributed by atoms with van der Waals surface area (Å²) in [6, 6.07) is 2.44. The van der Waals surface area contributed by atoms with Gasteiger partial charge in [0.2, 0.25) is 0 Å². The molecular weight excluding hydrogens is 322 g/mol. The average molecular weight is 326 g/mol. The zero-order valence-electron chi connectivity index (χ0n) is 6.62. The first-order chi connectivity index (χ1) is 6.43. The van der Waals surface area contributed by atoms with Crippen LogP contribution in [0, 0.1) is 3.57 Å². The number of aromatic carboxylic acids is 2. The number of carbonyl (C=O) groups is 2. The van der Waals surface area contributed by atoms with Crippen LogP contribution in [0.1, 0.15) is 20.7 Å². The first kappa shape index (κ1) is 11.3. The summed E-state index contributed by atoms with van der Waals surface area (Å²) in [7, 11) is 0. The Morgan fingerprint density at radius 3 is 1.79 bits per heavy atom. The monoisotopic (exact) mass is 326 g/mol. The summed E-state index contributed by atoms with van der Waals surface area (Å²) in [6.45, 7) is 0. The lowest BCUT2D eigenvalue weighted by atomic mass is 10.1. The number of carboxylic acids is 2. The van der Waals surface area contributed by atoms with Gasteiger partial charge in [-0.15, -0.1) is 0 Å². The molecule has 0 amide bonds. The van der Waals surface area contributed by atoms with E-state index in [1.165, 1.54) is 12.1 Å². The fourth-order valence-corrected chi connectivity index (χ4v) is 1.89. The Bertz CT molecular complexity index is 381. The topological polar surface area (TPSA) is 74.6 Å². The van der Waals surface area contributed by atoms with Gasteiger partial charge in [0.25, 0.3) is 0 Å². The first-order valence-corrected chi connectivity index (χ1v) is 4.84. The van der Waals surface area contributed by atoms with Crippen LogP contribution in [0.3, 0.4) is 0 Å². The van der Waals surface area contributed by atoms with Gasteiger partial charge in [-0.3, -0.25) is 0 Å². The van der Waals surface area contributed by atoms with Gasteiger partial charge in [0.1, 0.15) is 0 Å². The molecule has 0 unspecified atom stereocenters. The van der Waals surface area contributed by atoms with Crippen molar-refractivity contribution in [3.05, 3.63) is 31.9 Å². The van der Waals surface area contributed by atoms with Crippen molar-refractivity contribution in [1.29, 1.82) is 0 Å². The van der Waals surface area contributed by atoms with Gasteiger partial charge >= 0.3 is 11.9 Å². The Morgan fingerprint density at radius 2 is 1.50 bits per heavy atom. The molecule has 0 aliphatic heterocycles. The van der Waals surface area contributed by atoms with Gasteiger partial charge in [0.05, 0.1) is 11.1 Å². The number of benzene rings is 1. The van der Waals surface area contributed by atoms with Crippen molar-refractivity contribution in [3.63, 3.8) is 0 Å². The normalized spacial score (nSPS) is 9.86. The number of hydrogen-bond acceptors (Lipinski definition) is 2. The van der Waals surface area contributed by atoms with Gasteiger partial charge in [-0.1, -0.05) is 11.6 Å². The van der Waals surface area contributed by atoms with E-state index >= 15 is 0 Å². The molecule has 0 saturated heterocycles. The van der Waals surface area contributed by atoms with E-state index < -0.39 is 11.9 Å². The predicted octanol–water partition coefficient (Wildman–Crippen LogP) is 2.34. The van der Waals surface area contributed by atoms with E-state index in [0.29, 0.717) is 0 Å². The van der Waals surface area contributed by atoms with Gasteiger partial charge in [-0.2, -0.15) is 0 Å². The third-order valence-corrected chi connectivity index (χ3v) is 2.88. The number of carboxylic acid groups (broad SMARTS) is 2.